The number of likely N-dealkylation sites (N-methyl/N-ethyl adjacent to an activating group) is 1. The number of hydrogen-bond donors (Lipinski definition) is 1. The molecular formula is C46H83NO8P+. The van der Waals surface area contributed by atoms with Gasteiger partial charge in [-0.15, -0.1) is 0 Å². The van der Waals surface area contributed by atoms with Crippen molar-refractivity contribution in [3.05, 3.63) is 60.8 Å². The number of rotatable bonds is 39. The highest BCUT2D eigenvalue weighted by molar-refractivity contribution is 7.47. The molecule has 56 heavy (non-hydrogen) atoms. The van der Waals surface area contributed by atoms with Crippen LogP contribution in [0.2, 0.25) is 0 Å². The van der Waals surface area contributed by atoms with E-state index in [1.165, 1.54) is 77.0 Å². The lowest BCUT2D eigenvalue weighted by molar-refractivity contribution is -0.870. The van der Waals surface area contributed by atoms with Crippen molar-refractivity contribution in [1.82, 2.24) is 0 Å². The minimum Gasteiger partial charge on any atom is -0.462 e. The van der Waals surface area contributed by atoms with Gasteiger partial charge in [-0.3, -0.25) is 18.6 Å². The summed E-state index contributed by atoms with van der Waals surface area (Å²) in [5.74, 6) is -0.886. The van der Waals surface area contributed by atoms with Crippen LogP contribution in [0.4, 0.5) is 0 Å². The summed E-state index contributed by atoms with van der Waals surface area (Å²) in [5, 5.41) is 0. The number of carbonyl (C=O) groups excluding carboxylic acids is 2. The highest BCUT2D eigenvalue weighted by Crippen LogP contribution is 2.43. The number of nitrogens with zero attached hydrogens (tertiary/aromatic N) is 1. The summed E-state index contributed by atoms with van der Waals surface area (Å²) in [4.78, 5) is 35.3. The normalized spacial score (nSPS) is 14.2. The first kappa shape index (κ1) is 53.7. The van der Waals surface area contributed by atoms with Gasteiger partial charge in [-0.05, 0) is 77.0 Å². The molecule has 1 N–H and O–H groups in total. The number of ether oxygens (including phenoxy) is 2. The number of phosphoric ester groups is 1. The first-order chi connectivity index (χ1) is 27.0. The minimum absolute atomic E-state index is 0.0184. The molecule has 0 aliphatic carbocycles. The third kappa shape index (κ3) is 41.3. The fourth-order valence-electron chi connectivity index (χ4n) is 5.53. The molecule has 0 heterocycles. The Morgan fingerprint density at radius 3 is 1.54 bits per heavy atom. The second kappa shape index (κ2) is 38.2. The molecule has 0 radical (unpaired) electrons. The zero-order chi connectivity index (χ0) is 41.4. The highest BCUT2D eigenvalue weighted by atomic mass is 31.2. The molecule has 1 unspecified atom stereocenters. The SMILES string of the molecule is CCCCC/C=C/C/C=C/C/C=C/C/C=C/CCCC(=O)OC[C@H](COP(=O)(O)OCC[N+](C)(C)C)OC(=O)CCCCC/C=C/CCCCCCCCCC. The molecule has 0 amide bonds. The lowest BCUT2D eigenvalue weighted by atomic mass is 10.1. The van der Waals surface area contributed by atoms with Gasteiger partial charge in [0, 0.05) is 12.8 Å². The van der Waals surface area contributed by atoms with Crippen LogP contribution < -0.4 is 0 Å². The third-order valence-corrected chi connectivity index (χ3v) is 10.0. The summed E-state index contributed by atoms with van der Waals surface area (Å²) in [7, 11) is 1.43. The van der Waals surface area contributed by atoms with E-state index in [0.717, 1.165) is 51.4 Å². The monoisotopic (exact) mass is 809 g/mol. The Hall–Kier alpha value is -2.29. The van der Waals surface area contributed by atoms with Crippen LogP contribution in [0.5, 0.6) is 0 Å². The van der Waals surface area contributed by atoms with Gasteiger partial charge >= 0.3 is 19.8 Å². The Labute approximate surface area is 343 Å². The number of esters is 2. The first-order valence-electron chi connectivity index (χ1n) is 22.0. The number of unbranched alkanes of at least 4 members (excludes halogenated alkanes) is 15. The van der Waals surface area contributed by atoms with Crippen LogP contribution in [0.25, 0.3) is 0 Å². The van der Waals surface area contributed by atoms with Crippen molar-refractivity contribution in [2.75, 3.05) is 47.5 Å². The Kier molecular flexibility index (Phi) is 36.7. The van der Waals surface area contributed by atoms with E-state index in [1.54, 1.807) is 0 Å². The Morgan fingerprint density at radius 2 is 0.982 bits per heavy atom. The maximum absolute atomic E-state index is 12.7. The Bertz CT molecular complexity index is 1140. The maximum atomic E-state index is 12.7. The third-order valence-electron chi connectivity index (χ3n) is 9.02. The Morgan fingerprint density at radius 1 is 0.554 bits per heavy atom. The molecule has 324 valence electrons. The van der Waals surface area contributed by atoms with Gasteiger partial charge < -0.3 is 18.9 Å². The average Bonchev–Trinajstić information content (AvgIpc) is 3.15. The van der Waals surface area contributed by atoms with Gasteiger partial charge in [-0.2, -0.15) is 0 Å². The molecule has 0 saturated carbocycles. The summed E-state index contributed by atoms with van der Waals surface area (Å²) in [6.07, 6.45) is 45.6. The molecule has 2 atom stereocenters. The van der Waals surface area contributed by atoms with Crippen molar-refractivity contribution in [3.63, 3.8) is 0 Å². The van der Waals surface area contributed by atoms with E-state index in [2.05, 4.69) is 74.6 Å². The number of phosphoric acid groups is 1. The van der Waals surface area contributed by atoms with Crippen molar-refractivity contribution in [3.8, 4) is 0 Å². The fraction of sp³-hybridized carbons (Fsp3) is 0.739. The van der Waals surface area contributed by atoms with E-state index in [1.807, 2.05) is 21.1 Å². The van der Waals surface area contributed by atoms with Gasteiger partial charge in [0.05, 0.1) is 27.7 Å². The second-order valence-corrected chi connectivity index (χ2v) is 17.2. The molecule has 9 nitrogen and oxygen atoms in total. The molecule has 0 rings (SSSR count). The molecular weight excluding hydrogens is 725 g/mol. The average molecular weight is 809 g/mol. The molecule has 0 bridgehead atoms. The first-order valence-corrected chi connectivity index (χ1v) is 23.5. The van der Waals surface area contributed by atoms with Gasteiger partial charge in [0.15, 0.2) is 6.10 Å². The minimum atomic E-state index is -4.39. The molecule has 0 aromatic heterocycles. The van der Waals surface area contributed by atoms with Crippen LogP contribution in [0.15, 0.2) is 60.8 Å². The largest absolute Gasteiger partial charge is 0.472 e. The molecule has 0 aromatic rings. The molecule has 0 aliphatic heterocycles. The number of hydrogen-bond acceptors (Lipinski definition) is 7. The van der Waals surface area contributed by atoms with Gasteiger partial charge in [-0.1, -0.05) is 139 Å². The quantitative estimate of drug-likeness (QED) is 0.0215. The zero-order valence-corrected chi connectivity index (χ0v) is 37.2. The van der Waals surface area contributed by atoms with E-state index < -0.39 is 32.5 Å². The second-order valence-electron chi connectivity index (χ2n) is 15.7. The van der Waals surface area contributed by atoms with E-state index >= 15 is 0 Å². The van der Waals surface area contributed by atoms with E-state index in [4.69, 9.17) is 18.5 Å². The van der Waals surface area contributed by atoms with Crippen molar-refractivity contribution in [1.29, 1.82) is 0 Å². The van der Waals surface area contributed by atoms with Gasteiger partial charge in [0.2, 0.25) is 0 Å². The highest BCUT2D eigenvalue weighted by Gasteiger charge is 2.27. The Balaban J connectivity index is 4.49. The zero-order valence-electron chi connectivity index (χ0n) is 36.3. The molecule has 0 saturated heterocycles. The predicted octanol–water partition coefficient (Wildman–Crippen LogP) is 12.5. The van der Waals surface area contributed by atoms with Gasteiger partial charge in [-0.25, -0.2) is 4.57 Å². The van der Waals surface area contributed by atoms with Crippen LogP contribution in [0, 0.1) is 0 Å². The fourth-order valence-corrected chi connectivity index (χ4v) is 6.27. The molecule has 0 aliphatic rings. The standard InChI is InChI=1S/C46H82NO8P/c1-6-8-10-12-14-16-18-20-22-23-25-26-28-30-32-34-36-38-45(48)52-42-44(43-54-56(50,51)53-41-40-47(3,4)5)55-46(49)39-37-35-33-31-29-27-24-21-19-17-15-13-11-9-7-2/h14,16,20,22,25-27,29-30,32,44H,6-13,15,17-19,21,23-24,28,31,33-43H2,1-5H3/p+1/b16-14+,22-20+,26-25+,29-27+,32-30+/t44-/m1/s1. The van der Waals surface area contributed by atoms with Crippen molar-refractivity contribution >= 4 is 19.8 Å². The van der Waals surface area contributed by atoms with Crippen LogP contribution in [-0.2, 0) is 32.7 Å². The number of allylic oxidation sites excluding steroid dienone is 10. The molecule has 0 fully saturated rings. The topological polar surface area (TPSA) is 108 Å². The van der Waals surface area contributed by atoms with Crippen molar-refractivity contribution < 1.29 is 42.1 Å². The van der Waals surface area contributed by atoms with E-state index in [9.17, 15) is 19.0 Å². The van der Waals surface area contributed by atoms with Crippen LogP contribution >= 0.6 is 7.82 Å². The van der Waals surface area contributed by atoms with E-state index in [-0.39, 0.29) is 26.1 Å². The molecule has 0 spiro atoms. The van der Waals surface area contributed by atoms with E-state index in [0.29, 0.717) is 23.9 Å². The van der Waals surface area contributed by atoms with Crippen molar-refractivity contribution in [2.45, 2.75) is 174 Å². The predicted molar refractivity (Wildman–Crippen MR) is 233 cm³/mol. The summed E-state index contributed by atoms with van der Waals surface area (Å²) in [6, 6.07) is 0. The maximum Gasteiger partial charge on any atom is 0.472 e. The summed E-state index contributed by atoms with van der Waals surface area (Å²) >= 11 is 0. The van der Waals surface area contributed by atoms with Crippen LogP contribution in [0.1, 0.15) is 168 Å². The smallest absolute Gasteiger partial charge is 0.462 e. The number of quaternary nitrogens is 1. The van der Waals surface area contributed by atoms with Crippen LogP contribution in [0.3, 0.4) is 0 Å². The summed E-state index contributed by atoms with van der Waals surface area (Å²) in [6.45, 7) is 4.30. The van der Waals surface area contributed by atoms with Gasteiger partial charge in [0.1, 0.15) is 19.8 Å². The summed E-state index contributed by atoms with van der Waals surface area (Å²) in [5.41, 5.74) is 0. The summed E-state index contributed by atoms with van der Waals surface area (Å²) < 4.78 is 34.2. The van der Waals surface area contributed by atoms with Crippen LogP contribution in [-0.4, -0.2) is 74.9 Å². The van der Waals surface area contributed by atoms with Gasteiger partial charge in [0.25, 0.3) is 0 Å². The molecule has 0 aromatic carbocycles. The number of carbonyl (C=O) groups is 2. The lowest BCUT2D eigenvalue weighted by Crippen LogP contribution is -2.37. The van der Waals surface area contributed by atoms with Crippen molar-refractivity contribution in [2.24, 2.45) is 0 Å². The lowest BCUT2D eigenvalue weighted by Gasteiger charge is -2.24. The molecule has 10 heteroatoms.